The van der Waals surface area contributed by atoms with Gasteiger partial charge >= 0.3 is 0 Å². The molecule has 7 heteroatoms. The molecule has 4 rings (SSSR count). The Morgan fingerprint density at radius 1 is 1.27 bits per heavy atom. The molecule has 2 heterocycles. The quantitative estimate of drug-likeness (QED) is 0.858. The molecule has 0 atom stereocenters. The van der Waals surface area contributed by atoms with Crippen LogP contribution in [0, 0.1) is 6.92 Å². The molecular formula is C19H24N4O3. The number of nitrogens with one attached hydrogen (secondary N) is 2. The molecule has 2 aliphatic rings. The molecule has 1 saturated carbocycles. The molecule has 0 spiro atoms. The lowest BCUT2D eigenvalue weighted by Crippen LogP contribution is -2.28. The molecule has 26 heavy (non-hydrogen) atoms. The van der Waals surface area contributed by atoms with Gasteiger partial charge in [0.15, 0.2) is 11.6 Å². The molecule has 0 radical (unpaired) electrons. The lowest BCUT2D eigenvalue weighted by atomic mass is 9.93. The van der Waals surface area contributed by atoms with Crippen molar-refractivity contribution in [2.75, 3.05) is 6.54 Å². The number of ketones is 1. The molecule has 0 aromatic carbocycles. The Morgan fingerprint density at radius 3 is 2.88 bits per heavy atom. The van der Waals surface area contributed by atoms with Crippen LogP contribution in [0.1, 0.15) is 88.3 Å². The number of nitrogens with zero attached hydrogens (tertiary/aromatic N) is 2. The summed E-state index contributed by atoms with van der Waals surface area (Å²) in [7, 11) is 0. The van der Waals surface area contributed by atoms with Crippen LogP contribution in [-0.4, -0.2) is 33.4 Å². The largest absolute Gasteiger partial charge is 0.361 e. The van der Waals surface area contributed by atoms with Crippen LogP contribution in [0.3, 0.4) is 0 Å². The van der Waals surface area contributed by atoms with Crippen LogP contribution in [-0.2, 0) is 12.8 Å². The topological polar surface area (TPSA) is 101 Å². The van der Waals surface area contributed by atoms with Crippen molar-refractivity contribution in [1.29, 1.82) is 0 Å². The molecule has 7 nitrogen and oxygen atoms in total. The van der Waals surface area contributed by atoms with E-state index in [1.54, 1.807) is 0 Å². The Morgan fingerprint density at radius 2 is 2.08 bits per heavy atom. The van der Waals surface area contributed by atoms with Gasteiger partial charge < -0.3 is 14.8 Å². The van der Waals surface area contributed by atoms with E-state index in [0.717, 1.165) is 43.0 Å². The number of hydrogen-bond donors (Lipinski definition) is 2. The first kappa shape index (κ1) is 17.0. The zero-order valence-corrected chi connectivity index (χ0v) is 15.1. The second kappa shape index (κ2) is 7.05. The van der Waals surface area contributed by atoms with Crippen LogP contribution in [0.5, 0.6) is 0 Å². The summed E-state index contributed by atoms with van der Waals surface area (Å²) >= 11 is 0. The molecule has 2 aromatic rings. The first-order valence-electron chi connectivity index (χ1n) is 9.49. The first-order chi connectivity index (χ1) is 12.6. The highest BCUT2D eigenvalue weighted by Gasteiger charge is 2.28. The van der Waals surface area contributed by atoms with E-state index in [-0.39, 0.29) is 11.7 Å². The third-order valence-corrected chi connectivity index (χ3v) is 5.42. The van der Waals surface area contributed by atoms with Gasteiger partial charge in [-0.25, -0.2) is 0 Å². The molecule has 0 aliphatic heterocycles. The van der Waals surface area contributed by atoms with Gasteiger partial charge in [-0.2, -0.15) is 4.98 Å². The molecule has 0 unspecified atom stereocenters. The Labute approximate surface area is 151 Å². The van der Waals surface area contributed by atoms with E-state index in [9.17, 15) is 9.59 Å². The van der Waals surface area contributed by atoms with E-state index in [2.05, 4.69) is 20.4 Å². The lowest BCUT2D eigenvalue weighted by Gasteiger charge is -2.11. The molecule has 0 saturated heterocycles. The minimum Gasteiger partial charge on any atom is -0.361 e. The second-order valence-electron chi connectivity index (χ2n) is 7.29. The minimum absolute atomic E-state index is 0.0557. The predicted molar refractivity (Wildman–Crippen MR) is 94.3 cm³/mol. The maximum Gasteiger partial charge on any atom is 0.253 e. The number of hydrogen-bond acceptors (Lipinski definition) is 5. The first-order valence-corrected chi connectivity index (χ1v) is 9.49. The summed E-state index contributed by atoms with van der Waals surface area (Å²) in [5.41, 5.74) is 2.72. The summed E-state index contributed by atoms with van der Waals surface area (Å²) in [5.74, 6) is 1.59. The summed E-state index contributed by atoms with van der Waals surface area (Å²) in [4.78, 5) is 32.5. The molecule has 138 valence electrons. The van der Waals surface area contributed by atoms with Crippen molar-refractivity contribution in [1.82, 2.24) is 20.4 Å². The number of fused-ring (bicyclic) bond motifs is 1. The average Bonchev–Trinajstić information content (AvgIpc) is 3.33. The van der Waals surface area contributed by atoms with Crippen LogP contribution in [0.4, 0.5) is 0 Å². The fourth-order valence-corrected chi connectivity index (χ4v) is 4.10. The highest BCUT2D eigenvalue weighted by atomic mass is 16.5. The monoisotopic (exact) mass is 356 g/mol. The normalized spacial score (nSPS) is 17.5. The predicted octanol–water partition coefficient (Wildman–Crippen LogP) is 2.86. The molecule has 2 aliphatic carbocycles. The number of aromatic nitrogens is 3. The van der Waals surface area contributed by atoms with Crippen molar-refractivity contribution in [3.05, 3.63) is 34.2 Å². The number of H-pyrrole nitrogens is 1. The summed E-state index contributed by atoms with van der Waals surface area (Å²) in [5, 5.41) is 6.91. The van der Waals surface area contributed by atoms with Crippen molar-refractivity contribution in [2.24, 2.45) is 0 Å². The molecular weight excluding hydrogens is 332 g/mol. The van der Waals surface area contributed by atoms with Crippen molar-refractivity contribution in [3.63, 3.8) is 0 Å². The highest BCUT2D eigenvalue weighted by molar-refractivity contribution is 6.10. The van der Waals surface area contributed by atoms with E-state index in [1.807, 2.05) is 6.92 Å². The van der Waals surface area contributed by atoms with Crippen molar-refractivity contribution >= 4 is 11.7 Å². The molecule has 1 fully saturated rings. The number of rotatable bonds is 5. The smallest absolute Gasteiger partial charge is 0.253 e. The van der Waals surface area contributed by atoms with E-state index in [1.165, 1.54) is 12.8 Å². The van der Waals surface area contributed by atoms with Crippen molar-refractivity contribution < 1.29 is 14.1 Å². The van der Waals surface area contributed by atoms with Gasteiger partial charge in [0.2, 0.25) is 5.89 Å². The molecule has 0 bridgehead atoms. The molecule has 2 aromatic heterocycles. The lowest BCUT2D eigenvalue weighted by molar-refractivity contribution is 0.0927. The number of carbonyl (C=O) groups is 2. The van der Waals surface area contributed by atoms with E-state index in [0.29, 0.717) is 42.3 Å². The van der Waals surface area contributed by atoms with Gasteiger partial charge in [0.1, 0.15) is 0 Å². The molecule has 1 amide bonds. The van der Waals surface area contributed by atoms with Gasteiger partial charge in [-0.1, -0.05) is 18.0 Å². The Hall–Kier alpha value is -2.44. The average molecular weight is 356 g/mol. The van der Waals surface area contributed by atoms with Gasteiger partial charge in [0.05, 0.1) is 11.1 Å². The zero-order valence-electron chi connectivity index (χ0n) is 15.1. The third-order valence-electron chi connectivity index (χ3n) is 5.42. The second-order valence-corrected chi connectivity index (χ2v) is 7.29. The number of aryl methyl sites for hydroxylation is 2. The van der Waals surface area contributed by atoms with Crippen LogP contribution in [0.2, 0.25) is 0 Å². The summed E-state index contributed by atoms with van der Waals surface area (Å²) < 4.78 is 5.36. The maximum absolute atomic E-state index is 12.6. The zero-order chi connectivity index (χ0) is 18.1. The summed E-state index contributed by atoms with van der Waals surface area (Å²) in [6, 6.07) is 0. The number of amides is 1. The minimum atomic E-state index is -0.213. The van der Waals surface area contributed by atoms with Gasteiger partial charge in [-0.05, 0) is 32.6 Å². The Bertz CT molecular complexity index is 830. The van der Waals surface area contributed by atoms with E-state index >= 15 is 0 Å². The Balaban J connectivity index is 1.38. The summed E-state index contributed by atoms with van der Waals surface area (Å²) in [6.45, 7) is 2.25. The number of Topliss-reactive ketones (excluding diaryl/α,β-unsaturated/α-hetero) is 1. The van der Waals surface area contributed by atoms with Gasteiger partial charge in [0, 0.05) is 36.7 Å². The van der Waals surface area contributed by atoms with Crippen LogP contribution < -0.4 is 5.32 Å². The number of aromatic amines is 1. The maximum atomic E-state index is 12.6. The SMILES string of the molecule is Cc1[nH]c2c(c1C(=O)NCCc1noc(C3CCCC3)n1)C(=O)CCC2. The molecule has 2 N–H and O–H groups in total. The van der Waals surface area contributed by atoms with Crippen molar-refractivity contribution in [2.45, 2.75) is 64.2 Å². The van der Waals surface area contributed by atoms with Crippen LogP contribution in [0.15, 0.2) is 4.52 Å². The fourth-order valence-electron chi connectivity index (χ4n) is 4.10. The highest BCUT2D eigenvalue weighted by Crippen LogP contribution is 2.32. The van der Waals surface area contributed by atoms with E-state index in [4.69, 9.17) is 4.52 Å². The fraction of sp³-hybridized carbons (Fsp3) is 0.579. The summed E-state index contributed by atoms with van der Waals surface area (Å²) in [6.07, 6.45) is 7.36. The van der Waals surface area contributed by atoms with E-state index < -0.39 is 0 Å². The van der Waals surface area contributed by atoms with Crippen LogP contribution in [0.25, 0.3) is 0 Å². The van der Waals surface area contributed by atoms with Gasteiger partial charge in [0.25, 0.3) is 5.91 Å². The van der Waals surface area contributed by atoms with Gasteiger partial charge in [-0.15, -0.1) is 0 Å². The standard InChI is InChI=1S/C19H24N4O3/c1-11-16(17-13(21-11)7-4-8-14(17)24)18(25)20-10-9-15-22-19(26-23-15)12-5-2-3-6-12/h12,21H,2-10H2,1H3,(H,20,25). The van der Waals surface area contributed by atoms with Crippen LogP contribution >= 0.6 is 0 Å². The van der Waals surface area contributed by atoms with Gasteiger partial charge in [-0.3, -0.25) is 9.59 Å². The third kappa shape index (κ3) is 3.18. The number of carbonyl (C=O) groups excluding carboxylic acids is 2. The van der Waals surface area contributed by atoms with Crippen molar-refractivity contribution in [3.8, 4) is 0 Å². The Kier molecular flexibility index (Phi) is 4.61.